The predicted octanol–water partition coefficient (Wildman–Crippen LogP) is 0.417. The van der Waals surface area contributed by atoms with Crippen LogP contribution in [0.2, 0.25) is 0 Å². The number of methoxy groups -OCH3 is 1. The fraction of sp³-hybridized carbons (Fsp3) is 0.875. The van der Waals surface area contributed by atoms with E-state index in [1.807, 2.05) is 0 Å². The van der Waals surface area contributed by atoms with E-state index in [-0.39, 0.29) is 23.9 Å². The summed E-state index contributed by atoms with van der Waals surface area (Å²) in [6.07, 6.45) is 0.758. The zero-order valence-electron chi connectivity index (χ0n) is 8.08. The van der Waals surface area contributed by atoms with Gasteiger partial charge in [0.15, 0.2) is 9.84 Å². The van der Waals surface area contributed by atoms with Gasteiger partial charge >= 0.3 is 0 Å². The van der Waals surface area contributed by atoms with Crippen LogP contribution in [-0.4, -0.2) is 39.4 Å². The molecule has 13 heavy (non-hydrogen) atoms. The Hall–Kier alpha value is -0.420. The van der Waals surface area contributed by atoms with E-state index in [4.69, 9.17) is 0 Å². The van der Waals surface area contributed by atoms with Crippen molar-refractivity contribution in [2.45, 2.75) is 19.8 Å². The summed E-state index contributed by atoms with van der Waals surface area (Å²) in [6.45, 7) is 1.68. The molecular formula is C8H16O4S. The highest BCUT2D eigenvalue weighted by molar-refractivity contribution is 7.91. The first-order valence-electron chi connectivity index (χ1n) is 4.17. The summed E-state index contributed by atoms with van der Waals surface area (Å²) in [5.41, 5.74) is 0. The van der Waals surface area contributed by atoms with Crippen molar-refractivity contribution in [1.82, 2.24) is 0 Å². The highest BCUT2D eigenvalue weighted by Crippen LogP contribution is 1.98. The Labute approximate surface area is 79.2 Å². The summed E-state index contributed by atoms with van der Waals surface area (Å²) in [5.74, 6) is 0.152. The third-order valence-corrected chi connectivity index (χ3v) is 3.28. The molecule has 5 heteroatoms. The predicted molar refractivity (Wildman–Crippen MR) is 50.4 cm³/mol. The molecule has 0 amide bonds. The Kier molecular flexibility index (Phi) is 5.90. The highest BCUT2D eigenvalue weighted by Gasteiger charge is 2.10. The number of rotatable bonds is 7. The van der Waals surface area contributed by atoms with Gasteiger partial charge in [-0.15, -0.1) is 0 Å². The number of carbonyl (C=O) groups is 1. The summed E-state index contributed by atoms with van der Waals surface area (Å²) in [6, 6.07) is 0. The molecule has 0 aromatic heterocycles. The van der Waals surface area contributed by atoms with Crippen LogP contribution in [0.5, 0.6) is 0 Å². The fourth-order valence-corrected chi connectivity index (χ4v) is 2.06. The summed E-state index contributed by atoms with van der Waals surface area (Å²) in [7, 11) is -1.55. The summed E-state index contributed by atoms with van der Waals surface area (Å²) in [5, 5.41) is 0. The first kappa shape index (κ1) is 12.6. The molecule has 0 aliphatic heterocycles. The highest BCUT2D eigenvalue weighted by atomic mass is 32.2. The summed E-state index contributed by atoms with van der Waals surface area (Å²) in [4.78, 5) is 10.5. The number of ketones is 1. The van der Waals surface area contributed by atoms with E-state index in [0.717, 1.165) is 0 Å². The molecule has 0 aliphatic carbocycles. The molecule has 0 aromatic carbocycles. The van der Waals surface area contributed by atoms with E-state index in [0.29, 0.717) is 12.8 Å². The maximum atomic E-state index is 11.2. The van der Waals surface area contributed by atoms with Crippen molar-refractivity contribution >= 4 is 15.6 Å². The zero-order valence-corrected chi connectivity index (χ0v) is 8.89. The van der Waals surface area contributed by atoms with Gasteiger partial charge in [-0.2, -0.15) is 0 Å². The number of Topliss-reactive ketones (excluding diaryl/α,β-unsaturated/α-hetero) is 1. The minimum Gasteiger partial charge on any atom is -0.384 e. The Morgan fingerprint density at radius 1 is 1.31 bits per heavy atom. The molecular weight excluding hydrogens is 192 g/mol. The molecule has 0 radical (unpaired) electrons. The number of hydrogen-bond donors (Lipinski definition) is 0. The van der Waals surface area contributed by atoms with Gasteiger partial charge in [0.2, 0.25) is 0 Å². The van der Waals surface area contributed by atoms with Crippen LogP contribution in [-0.2, 0) is 19.4 Å². The number of carbonyl (C=O) groups excluding carboxylic acids is 1. The maximum Gasteiger partial charge on any atom is 0.152 e. The van der Waals surface area contributed by atoms with Crippen LogP contribution in [0.1, 0.15) is 19.8 Å². The van der Waals surface area contributed by atoms with Crippen LogP contribution in [0.15, 0.2) is 0 Å². The van der Waals surface area contributed by atoms with E-state index >= 15 is 0 Å². The second kappa shape index (κ2) is 6.10. The molecule has 0 rings (SSSR count). The molecule has 0 unspecified atom stereocenters. The van der Waals surface area contributed by atoms with E-state index in [1.54, 1.807) is 0 Å². The summed E-state index contributed by atoms with van der Waals surface area (Å²) >= 11 is 0. The standard InChI is InChI=1S/C8H16O4S/c1-8(9)4-3-6-13(10,11)7-5-12-2/h3-7H2,1-2H3. The monoisotopic (exact) mass is 208 g/mol. The lowest BCUT2D eigenvalue weighted by Crippen LogP contribution is -2.15. The molecule has 0 aromatic rings. The lowest BCUT2D eigenvalue weighted by Gasteiger charge is -2.01. The summed E-state index contributed by atoms with van der Waals surface area (Å²) < 4.78 is 27.0. The van der Waals surface area contributed by atoms with Gasteiger partial charge in [0.1, 0.15) is 5.78 Å². The van der Waals surface area contributed by atoms with Crippen LogP contribution in [0, 0.1) is 0 Å². The van der Waals surface area contributed by atoms with Crippen molar-refractivity contribution in [2.24, 2.45) is 0 Å². The lowest BCUT2D eigenvalue weighted by atomic mass is 10.3. The van der Waals surface area contributed by atoms with Crippen molar-refractivity contribution in [2.75, 3.05) is 25.2 Å². The molecule has 0 bridgehead atoms. The molecule has 0 spiro atoms. The smallest absolute Gasteiger partial charge is 0.152 e. The van der Waals surface area contributed by atoms with Crippen molar-refractivity contribution in [3.63, 3.8) is 0 Å². The molecule has 78 valence electrons. The first-order valence-corrected chi connectivity index (χ1v) is 5.99. The SMILES string of the molecule is COCCS(=O)(=O)CCCC(C)=O. The third-order valence-electron chi connectivity index (χ3n) is 1.58. The largest absolute Gasteiger partial charge is 0.384 e. The van der Waals surface area contributed by atoms with Crippen molar-refractivity contribution in [3.8, 4) is 0 Å². The Morgan fingerprint density at radius 3 is 2.38 bits per heavy atom. The molecule has 0 saturated carbocycles. The number of ether oxygens (including phenoxy) is 1. The first-order chi connectivity index (χ1) is 5.98. The van der Waals surface area contributed by atoms with Gasteiger partial charge in [-0.3, -0.25) is 0 Å². The van der Waals surface area contributed by atoms with Gasteiger partial charge in [-0.1, -0.05) is 0 Å². The topological polar surface area (TPSA) is 60.4 Å². The lowest BCUT2D eigenvalue weighted by molar-refractivity contribution is -0.117. The average molecular weight is 208 g/mol. The molecule has 0 N–H and O–H groups in total. The normalized spacial score (nSPS) is 11.5. The molecule has 0 saturated heterocycles. The van der Waals surface area contributed by atoms with Gasteiger partial charge in [0, 0.05) is 13.5 Å². The molecule has 4 nitrogen and oxygen atoms in total. The van der Waals surface area contributed by atoms with Crippen molar-refractivity contribution < 1.29 is 17.9 Å². The van der Waals surface area contributed by atoms with Crippen molar-refractivity contribution in [1.29, 1.82) is 0 Å². The average Bonchev–Trinajstić information content (AvgIpc) is 2.00. The van der Waals surface area contributed by atoms with Crippen molar-refractivity contribution in [3.05, 3.63) is 0 Å². The van der Waals surface area contributed by atoms with E-state index in [2.05, 4.69) is 4.74 Å². The van der Waals surface area contributed by atoms with Crippen LogP contribution in [0.4, 0.5) is 0 Å². The number of hydrogen-bond acceptors (Lipinski definition) is 4. The van der Waals surface area contributed by atoms with Gasteiger partial charge in [0.25, 0.3) is 0 Å². The number of sulfone groups is 1. The quantitative estimate of drug-likeness (QED) is 0.608. The Bertz CT molecular complexity index is 243. The molecule has 0 heterocycles. The fourth-order valence-electron chi connectivity index (χ4n) is 0.853. The van der Waals surface area contributed by atoms with Crippen LogP contribution in [0.3, 0.4) is 0 Å². The second-order valence-electron chi connectivity index (χ2n) is 2.95. The minimum absolute atomic E-state index is 0.0296. The molecule has 0 atom stereocenters. The van der Waals surface area contributed by atoms with E-state index in [1.165, 1.54) is 14.0 Å². The van der Waals surface area contributed by atoms with Crippen LogP contribution in [0.25, 0.3) is 0 Å². The molecule has 0 fully saturated rings. The molecule has 0 aliphatic rings. The van der Waals surface area contributed by atoms with Gasteiger partial charge in [-0.05, 0) is 13.3 Å². The Balaban J connectivity index is 3.70. The Morgan fingerprint density at radius 2 is 1.92 bits per heavy atom. The van der Waals surface area contributed by atoms with E-state index < -0.39 is 9.84 Å². The zero-order chi connectivity index (χ0) is 10.3. The van der Waals surface area contributed by atoms with E-state index in [9.17, 15) is 13.2 Å². The third kappa shape index (κ3) is 7.93. The van der Waals surface area contributed by atoms with Crippen LogP contribution >= 0.6 is 0 Å². The maximum absolute atomic E-state index is 11.2. The van der Waals surface area contributed by atoms with Gasteiger partial charge in [0.05, 0.1) is 18.1 Å². The second-order valence-corrected chi connectivity index (χ2v) is 5.25. The minimum atomic E-state index is -3.02. The van der Waals surface area contributed by atoms with Crippen LogP contribution < -0.4 is 0 Å². The van der Waals surface area contributed by atoms with Gasteiger partial charge < -0.3 is 9.53 Å². The van der Waals surface area contributed by atoms with Gasteiger partial charge in [-0.25, -0.2) is 8.42 Å².